The summed E-state index contributed by atoms with van der Waals surface area (Å²) in [6.45, 7) is 8.16. The van der Waals surface area contributed by atoms with E-state index in [1.165, 1.54) is 0 Å². The number of ether oxygens (including phenoxy) is 2. The van der Waals surface area contributed by atoms with Gasteiger partial charge in [0.25, 0.3) is 11.8 Å². The van der Waals surface area contributed by atoms with E-state index in [2.05, 4.69) is 26.1 Å². The van der Waals surface area contributed by atoms with E-state index in [1.54, 1.807) is 12.1 Å². The van der Waals surface area contributed by atoms with Crippen molar-refractivity contribution in [3.05, 3.63) is 65.2 Å². The fraction of sp³-hybridized carbons (Fsp3) is 0.375. The van der Waals surface area contributed by atoms with Crippen LogP contribution in [0.1, 0.15) is 55.6 Å². The summed E-state index contributed by atoms with van der Waals surface area (Å²) in [6, 6.07) is 14.5. The van der Waals surface area contributed by atoms with Crippen molar-refractivity contribution in [2.45, 2.75) is 46.0 Å². The third-order valence-corrected chi connectivity index (χ3v) is 4.50. The topological polar surface area (TPSA) is 81.7 Å². The number of benzene rings is 2. The summed E-state index contributed by atoms with van der Waals surface area (Å²) in [6.07, 6.45) is 0.551. The number of hydrogen-bond acceptors (Lipinski definition) is 5. The van der Waals surface area contributed by atoms with Crippen molar-refractivity contribution in [1.82, 2.24) is 5.32 Å². The molecule has 0 bridgehead atoms. The average molecular weight is 411 g/mol. The molecule has 2 amide bonds. The minimum absolute atomic E-state index is 0.0256. The summed E-state index contributed by atoms with van der Waals surface area (Å²) in [5.74, 6) is -0.975. The standard InChI is InChI=1S/C24H29NO5/c1-5-29-20-9-7-6-8-17(20)12-15-22(27)30-16-21(26)25-23(28)18-10-13-19(14-11-18)24(2,3)4/h6-11,13-14H,5,12,15-16H2,1-4H3,(H,25,26,28). The molecule has 0 aromatic heterocycles. The predicted octanol–water partition coefficient (Wildman–Crippen LogP) is 3.82. The van der Waals surface area contributed by atoms with E-state index in [0.29, 0.717) is 18.6 Å². The van der Waals surface area contributed by atoms with Gasteiger partial charge in [-0.3, -0.25) is 19.7 Å². The van der Waals surface area contributed by atoms with Crippen molar-refractivity contribution in [2.75, 3.05) is 13.2 Å². The highest BCUT2D eigenvalue weighted by molar-refractivity contribution is 6.05. The molecular weight excluding hydrogens is 382 g/mol. The zero-order chi connectivity index (χ0) is 22.1. The first-order valence-electron chi connectivity index (χ1n) is 10.0. The Labute approximate surface area is 177 Å². The van der Waals surface area contributed by atoms with Gasteiger partial charge >= 0.3 is 5.97 Å². The van der Waals surface area contributed by atoms with E-state index in [0.717, 1.165) is 16.9 Å². The molecular formula is C24H29NO5. The van der Waals surface area contributed by atoms with Crippen LogP contribution < -0.4 is 10.1 Å². The number of nitrogens with one attached hydrogen (secondary N) is 1. The number of esters is 1. The molecule has 0 aliphatic rings. The van der Waals surface area contributed by atoms with E-state index in [1.807, 2.05) is 43.3 Å². The SMILES string of the molecule is CCOc1ccccc1CCC(=O)OCC(=O)NC(=O)c1ccc(C(C)(C)C)cc1. The monoisotopic (exact) mass is 411 g/mol. The van der Waals surface area contributed by atoms with Crippen LogP contribution in [0.25, 0.3) is 0 Å². The molecule has 160 valence electrons. The molecule has 0 radical (unpaired) electrons. The van der Waals surface area contributed by atoms with Crippen LogP contribution in [0.3, 0.4) is 0 Å². The molecule has 0 saturated carbocycles. The molecule has 0 unspecified atom stereocenters. The molecule has 6 heteroatoms. The lowest BCUT2D eigenvalue weighted by atomic mass is 9.87. The number of amides is 2. The van der Waals surface area contributed by atoms with Gasteiger partial charge in [0.1, 0.15) is 5.75 Å². The van der Waals surface area contributed by atoms with Gasteiger partial charge in [0.15, 0.2) is 6.61 Å². The van der Waals surface area contributed by atoms with E-state index in [-0.39, 0.29) is 11.8 Å². The fourth-order valence-electron chi connectivity index (χ4n) is 2.82. The number of rotatable bonds is 8. The Morgan fingerprint density at radius 1 is 0.967 bits per heavy atom. The Morgan fingerprint density at radius 2 is 1.63 bits per heavy atom. The molecule has 0 aliphatic heterocycles. The van der Waals surface area contributed by atoms with Crippen molar-refractivity contribution in [2.24, 2.45) is 0 Å². The molecule has 0 fully saturated rings. The summed E-state index contributed by atoms with van der Waals surface area (Å²) in [4.78, 5) is 36.1. The quantitative estimate of drug-likeness (QED) is 0.668. The molecule has 0 aliphatic carbocycles. The lowest BCUT2D eigenvalue weighted by molar-refractivity contribution is -0.148. The fourth-order valence-corrected chi connectivity index (χ4v) is 2.82. The molecule has 0 heterocycles. The van der Waals surface area contributed by atoms with Crippen molar-refractivity contribution in [1.29, 1.82) is 0 Å². The zero-order valence-corrected chi connectivity index (χ0v) is 18.0. The zero-order valence-electron chi connectivity index (χ0n) is 18.0. The lowest BCUT2D eigenvalue weighted by Gasteiger charge is -2.19. The Balaban J connectivity index is 1.78. The first-order chi connectivity index (χ1) is 14.2. The van der Waals surface area contributed by atoms with Crippen LogP contribution in [0.2, 0.25) is 0 Å². The second-order valence-electron chi connectivity index (χ2n) is 7.91. The summed E-state index contributed by atoms with van der Waals surface area (Å²) in [5, 5.41) is 2.23. The maximum absolute atomic E-state index is 12.2. The Hall–Kier alpha value is -3.15. The lowest BCUT2D eigenvalue weighted by Crippen LogP contribution is -2.34. The van der Waals surface area contributed by atoms with Gasteiger partial charge in [-0.2, -0.15) is 0 Å². The minimum atomic E-state index is -0.664. The van der Waals surface area contributed by atoms with Gasteiger partial charge < -0.3 is 9.47 Å². The van der Waals surface area contributed by atoms with Crippen molar-refractivity contribution < 1.29 is 23.9 Å². The van der Waals surface area contributed by atoms with Crippen molar-refractivity contribution >= 4 is 17.8 Å². The summed E-state index contributed by atoms with van der Waals surface area (Å²) in [7, 11) is 0. The second kappa shape index (κ2) is 10.6. The number of carbonyl (C=O) groups excluding carboxylic acids is 3. The smallest absolute Gasteiger partial charge is 0.306 e. The van der Waals surface area contributed by atoms with Crippen LogP contribution in [0, 0.1) is 0 Å². The van der Waals surface area contributed by atoms with Crippen molar-refractivity contribution in [3.8, 4) is 5.75 Å². The van der Waals surface area contributed by atoms with E-state index < -0.39 is 24.4 Å². The van der Waals surface area contributed by atoms with Gasteiger partial charge in [-0.25, -0.2) is 0 Å². The highest BCUT2D eigenvalue weighted by Crippen LogP contribution is 2.22. The Morgan fingerprint density at radius 3 is 2.27 bits per heavy atom. The highest BCUT2D eigenvalue weighted by atomic mass is 16.5. The summed E-state index contributed by atoms with van der Waals surface area (Å²) < 4.78 is 10.5. The van der Waals surface area contributed by atoms with Crippen LogP contribution in [0.5, 0.6) is 5.75 Å². The second-order valence-corrected chi connectivity index (χ2v) is 7.91. The summed E-state index contributed by atoms with van der Waals surface area (Å²) >= 11 is 0. The van der Waals surface area contributed by atoms with Crippen LogP contribution in [-0.2, 0) is 26.2 Å². The molecule has 0 saturated heterocycles. The molecule has 2 rings (SSSR count). The van der Waals surface area contributed by atoms with Gasteiger partial charge in [0.05, 0.1) is 6.61 Å². The van der Waals surface area contributed by atoms with E-state index in [9.17, 15) is 14.4 Å². The molecule has 0 spiro atoms. The maximum Gasteiger partial charge on any atom is 0.306 e. The molecule has 2 aromatic rings. The molecule has 6 nitrogen and oxygen atoms in total. The van der Waals surface area contributed by atoms with E-state index >= 15 is 0 Å². The van der Waals surface area contributed by atoms with Crippen LogP contribution in [0.15, 0.2) is 48.5 Å². The van der Waals surface area contributed by atoms with E-state index in [4.69, 9.17) is 9.47 Å². The Bertz CT molecular complexity index is 881. The van der Waals surface area contributed by atoms with Gasteiger partial charge in [-0.1, -0.05) is 51.1 Å². The number of para-hydroxylation sites is 1. The van der Waals surface area contributed by atoms with Gasteiger partial charge in [-0.15, -0.1) is 0 Å². The first kappa shape index (κ1) is 23.1. The summed E-state index contributed by atoms with van der Waals surface area (Å²) in [5.41, 5.74) is 2.33. The Kier molecular flexibility index (Phi) is 8.16. The average Bonchev–Trinajstić information content (AvgIpc) is 2.71. The van der Waals surface area contributed by atoms with Crippen molar-refractivity contribution in [3.63, 3.8) is 0 Å². The minimum Gasteiger partial charge on any atom is -0.494 e. The third kappa shape index (κ3) is 7.03. The first-order valence-corrected chi connectivity index (χ1v) is 10.0. The van der Waals surface area contributed by atoms with Gasteiger partial charge in [-0.05, 0) is 48.1 Å². The predicted molar refractivity (Wildman–Crippen MR) is 115 cm³/mol. The van der Waals surface area contributed by atoms with Gasteiger partial charge in [0.2, 0.25) is 0 Å². The number of carbonyl (C=O) groups is 3. The van der Waals surface area contributed by atoms with Crippen LogP contribution in [0.4, 0.5) is 0 Å². The maximum atomic E-state index is 12.2. The normalized spacial score (nSPS) is 10.9. The molecule has 2 aromatic carbocycles. The molecule has 30 heavy (non-hydrogen) atoms. The van der Waals surface area contributed by atoms with Crippen LogP contribution in [-0.4, -0.2) is 31.0 Å². The number of imide groups is 1. The number of hydrogen-bond donors (Lipinski definition) is 1. The van der Waals surface area contributed by atoms with Crippen LogP contribution >= 0.6 is 0 Å². The van der Waals surface area contributed by atoms with Gasteiger partial charge in [0, 0.05) is 12.0 Å². The molecule has 1 N–H and O–H groups in total. The highest BCUT2D eigenvalue weighted by Gasteiger charge is 2.16. The number of aryl methyl sites for hydroxylation is 1. The largest absolute Gasteiger partial charge is 0.494 e. The molecule has 0 atom stereocenters. The third-order valence-electron chi connectivity index (χ3n) is 4.50.